The quantitative estimate of drug-likeness (QED) is 0.350. The van der Waals surface area contributed by atoms with Gasteiger partial charge in [-0.3, -0.25) is 9.59 Å². The fourth-order valence-electron chi connectivity index (χ4n) is 1.70. The van der Waals surface area contributed by atoms with Crippen LogP contribution < -0.4 is 16.4 Å². The predicted octanol–water partition coefficient (Wildman–Crippen LogP) is -1.95. The lowest BCUT2D eigenvalue weighted by Gasteiger charge is -2.18. The molecule has 1 aliphatic heterocycles. The third-order valence-corrected chi connectivity index (χ3v) is 2.63. The van der Waals surface area contributed by atoms with E-state index in [1.165, 1.54) is 0 Å². The molecule has 1 heterocycles. The zero-order valence-corrected chi connectivity index (χ0v) is 11.9. The Morgan fingerprint density at radius 3 is 2.22 bits per heavy atom. The highest BCUT2D eigenvalue weighted by Gasteiger charge is 2.37. The van der Waals surface area contributed by atoms with Crippen molar-refractivity contribution in [2.45, 2.75) is 24.9 Å². The van der Waals surface area contributed by atoms with Crippen LogP contribution in [0.25, 0.3) is 0 Å². The fraction of sp³-hybridized carbons (Fsp3) is 0.636. The number of carboxylic acid groups (broad SMARTS) is 2. The minimum Gasteiger partial charge on any atom is -0.480 e. The second-order valence-corrected chi connectivity index (χ2v) is 4.49. The zero-order valence-electron chi connectivity index (χ0n) is 11.9. The first kappa shape index (κ1) is 18.4. The van der Waals surface area contributed by atoms with Gasteiger partial charge in [0, 0.05) is 6.42 Å². The second-order valence-electron chi connectivity index (χ2n) is 4.49. The molecule has 1 fully saturated rings. The van der Waals surface area contributed by atoms with Crippen LogP contribution in [0.4, 0.5) is 9.59 Å². The minimum atomic E-state index is -1.24. The number of rotatable bonds is 7. The first-order chi connectivity index (χ1) is 10.8. The summed E-state index contributed by atoms with van der Waals surface area (Å²) in [6.07, 6.45) is -4.27. The van der Waals surface area contributed by atoms with Crippen LogP contribution in [0, 0.1) is 0 Å². The van der Waals surface area contributed by atoms with Crippen LogP contribution in [0.5, 0.6) is 0 Å². The molecule has 1 rings (SSSR count). The molecule has 0 saturated carbocycles. The van der Waals surface area contributed by atoms with Gasteiger partial charge < -0.3 is 40.8 Å². The first-order valence-electron chi connectivity index (χ1n) is 6.47. The summed E-state index contributed by atoms with van der Waals surface area (Å²) >= 11 is 0. The van der Waals surface area contributed by atoms with E-state index in [1.54, 1.807) is 0 Å². The van der Waals surface area contributed by atoms with Crippen molar-refractivity contribution in [3.8, 4) is 0 Å². The van der Waals surface area contributed by atoms with E-state index in [0.29, 0.717) is 0 Å². The van der Waals surface area contributed by atoms with Crippen molar-refractivity contribution in [1.29, 1.82) is 0 Å². The summed E-state index contributed by atoms with van der Waals surface area (Å²) in [5.41, 5.74) is 5.56. The molecule has 0 spiro atoms. The van der Waals surface area contributed by atoms with Crippen molar-refractivity contribution in [2.75, 3.05) is 19.7 Å². The SMILES string of the molecule is N[C@H]1CC(OC(=O)NCC(=O)O)[C@@H](COC(=O)NCC(=O)O)O1. The van der Waals surface area contributed by atoms with E-state index in [2.05, 4.69) is 0 Å². The highest BCUT2D eigenvalue weighted by atomic mass is 16.6. The zero-order chi connectivity index (χ0) is 17.4. The van der Waals surface area contributed by atoms with Crippen molar-refractivity contribution in [3.05, 3.63) is 0 Å². The number of amides is 2. The maximum absolute atomic E-state index is 11.4. The predicted molar refractivity (Wildman–Crippen MR) is 70.4 cm³/mol. The van der Waals surface area contributed by atoms with Crippen LogP contribution in [0.1, 0.15) is 6.42 Å². The summed E-state index contributed by atoms with van der Waals surface area (Å²) < 4.78 is 14.9. The van der Waals surface area contributed by atoms with Crippen LogP contribution in [0.3, 0.4) is 0 Å². The van der Waals surface area contributed by atoms with E-state index in [0.717, 1.165) is 0 Å². The molecule has 0 aromatic rings. The monoisotopic (exact) mass is 335 g/mol. The molecule has 0 aliphatic carbocycles. The maximum Gasteiger partial charge on any atom is 0.408 e. The fourth-order valence-corrected chi connectivity index (χ4v) is 1.70. The average Bonchev–Trinajstić information content (AvgIpc) is 2.80. The number of carbonyl (C=O) groups excluding carboxylic acids is 2. The molecule has 12 heteroatoms. The Labute approximate surface area is 129 Å². The number of alkyl carbamates (subject to hydrolysis) is 2. The Kier molecular flexibility index (Phi) is 7.02. The van der Waals surface area contributed by atoms with Crippen LogP contribution >= 0.6 is 0 Å². The number of aliphatic carboxylic acids is 2. The van der Waals surface area contributed by atoms with Gasteiger partial charge in [-0.1, -0.05) is 0 Å². The summed E-state index contributed by atoms with van der Waals surface area (Å²) in [5.74, 6) is -2.48. The van der Waals surface area contributed by atoms with E-state index in [4.69, 9.17) is 30.2 Å². The molecule has 6 N–H and O–H groups in total. The number of ether oxygens (including phenoxy) is 3. The number of nitrogens with two attached hydrogens (primary N) is 1. The highest BCUT2D eigenvalue weighted by molar-refractivity contribution is 5.77. The van der Waals surface area contributed by atoms with Gasteiger partial charge in [0.1, 0.15) is 38.1 Å². The third kappa shape index (κ3) is 7.28. The van der Waals surface area contributed by atoms with Crippen LogP contribution in [-0.2, 0) is 23.8 Å². The van der Waals surface area contributed by atoms with Gasteiger partial charge in [0.25, 0.3) is 0 Å². The molecule has 0 aromatic carbocycles. The van der Waals surface area contributed by atoms with Gasteiger partial charge in [-0.05, 0) is 0 Å². The van der Waals surface area contributed by atoms with Crippen molar-refractivity contribution in [1.82, 2.24) is 10.6 Å². The lowest BCUT2D eigenvalue weighted by Crippen LogP contribution is -2.38. The van der Waals surface area contributed by atoms with Gasteiger partial charge in [0.15, 0.2) is 0 Å². The topological polar surface area (TPSA) is 187 Å². The molecule has 1 unspecified atom stereocenters. The van der Waals surface area contributed by atoms with Crippen LogP contribution in [-0.4, -0.2) is 72.5 Å². The molecular weight excluding hydrogens is 318 g/mol. The molecule has 0 bridgehead atoms. The number of hydrogen-bond donors (Lipinski definition) is 5. The summed E-state index contributed by atoms with van der Waals surface area (Å²) in [5, 5.41) is 20.8. The van der Waals surface area contributed by atoms with Crippen LogP contribution in [0.15, 0.2) is 0 Å². The smallest absolute Gasteiger partial charge is 0.408 e. The summed E-state index contributed by atoms with van der Waals surface area (Å²) in [4.78, 5) is 43.2. The lowest BCUT2D eigenvalue weighted by molar-refractivity contribution is -0.136. The lowest BCUT2D eigenvalue weighted by atomic mass is 10.2. The van der Waals surface area contributed by atoms with E-state index < -0.39 is 55.7 Å². The highest BCUT2D eigenvalue weighted by Crippen LogP contribution is 2.21. The van der Waals surface area contributed by atoms with Crippen molar-refractivity contribution >= 4 is 24.1 Å². The Bertz CT molecular complexity index is 470. The van der Waals surface area contributed by atoms with Crippen molar-refractivity contribution in [3.63, 3.8) is 0 Å². The van der Waals surface area contributed by atoms with Gasteiger partial charge in [-0.15, -0.1) is 0 Å². The molecule has 1 saturated heterocycles. The normalized spacial score (nSPS) is 22.9. The molecule has 0 aromatic heterocycles. The average molecular weight is 335 g/mol. The largest absolute Gasteiger partial charge is 0.480 e. The van der Waals surface area contributed by atoms with Gasteiger partial charge in [0.2, 0.25) is 0 Å². The minimum absolute atomic E-state index is 0.130. The molecular formula is C11H17N3O9. The first-order valence-corrected chi connectivity index (χ1v) is 6.47. The second kappa shape index (κ2) is 8.75. The van der Waals surface area contributed by atoms with E-state index >= 15 is 0 Å². The van der Waals surface area contributed by atoms with Gasteiger partial charge in [0.05, 0.1) is 0 Å². The Morgan fingerprint density at radius 2 is 1.65 bits per heavy atom. The van der Waals surface area contributed by atoms with E-state index in [1.807, 2.05) is 10.6 Å². The van der Waals surface area contributed by atoms with Gasteiger partial charge in [-0.2, -0.15) is 0 Å². The molecule has 23 heavy (non-hydrogen) atoms. The number of hydrogen-bond acceptors (Lipinski definition) is 8. The molecule has 130 valence electrons. The van der Waals surface area contributed by atoms with Crippen molar-refractivity contribution in [2.24, 2.45) is 5.73 Å². The Morgan fingerprint density at radius 1 is 1.09 bits per heavy atom. The maximum atomic E-state index is 11.4. The molecule has 1 aliphatic rings. The molecule has 12 nitrogen and oxygen atoms in total. The molecule has 0 radical (unpaired) electrons. The Balaban J connectivity index is 2.40. The standard InChI is InChI=1S/C11H17N3O9/c12-7-1-5(23-11(20)14-3-9(17)18)6(22-7)4-21-10(19)13-2-8(15)16/h5-7H,1-4,12H2,(H,13,19)(H,14,20)(H,15,16)(H,17,18)/t5?,6-,7-/m1/s1. The Hall–Kier alpha value is -2.60. The summed E-state index contributed by atoms with van der Waals surface area (Å²) in [7, 11) is 0. The van der Waals surface area contributed by atoms with Gasteiger partial charge >= 0.3 is 24.1 Å². The van der Waals surface area contributed by atoms with Crippen molar-refractivity contribution < 1.29 is 43.6 Å². The molecule has 3 atom stereocenters. The van der Waals surface area contributed by atoms with Gasteiger partial charge in [-0.25, -0.2) is 9.59 Å². The molecule has 2 amide bonds. The summed E-state index contributed by atoms with van der Waals surface area (Å²) in [6.45, 7) is -1.55. The van der Waals surface area contributed by atoms with E-state index in [9.17, 15) is 19.2 Å². The number of carboxylic acids is 2. The van der Waals surface area contributed by atoms with E-state index in [-0.39, 0.29) is 13.0 Å². The summed E-state index contributed by atoms with van der Waals surface area (Å²) in [6, 6.07) is 0. The van der Waals surface area contributed by atoms with Crippen LogP contribution in [0.2, 0.25) is 0 Å². The third-order valence-electron chi connectivity index (χ3n) is 2.63. The number of nitrogens with one attached hydrogen (secondary N) is 2. The number of carbonyl (C=O) groups is 4.